The number of rotatable bonds is 5. The lowest BCUT2D eigenvalue weighted by Gasteiger charge is -2.17. The lowest BCUT2D eigenvalue weighted by molar-refractivity contribution is -0.122. The lowest BCUT2D eigenvalue weighted by atomic mass is 10.1. The number of ether oxygens (including phenoxy) is 1. The molecule has 1 amide bonds. The maximum Gasteiger partial charge on any atom is 0.221 e. The molecule has 15 heavy (non-hydrogen) atoms. The number of carbonyl (C=O) groups excluding carboxylic acids is 1. The van der Waals surface area contributed by atoms with Crippen molar-refractivity contribution in [1.29, 1.82) is 0 Å². The van der Waals surface area contributed by atoms with Gasteiger partial charge in [-0.3, -0.25) is 4.79 Å². The Kier molecular flexibility index (Phi) is 5.05. The fourth-order valence-electron chi connectivity index (χ4n) is 1.90. The molecule has 1 saturated heterocycles. The smallest absolute Gasteiger partial charge is 0.221 e. The van der Waals surface area contributed by atoms with Gasteiger partial charge in [0, 0.05) is 19.1 Å². The van der Waals surface area contributed by atoms with E-state index in [0.29, 0.717) is 6.42 Å². The van der Waals surface area contributed by atoms with Gasteiger partial charge in [0.25, 0.3) is 0 Å². The molecule has 0 aromatic rings. The average Bonchev–Trinajstić information content (AvgIpc) is 2.52. The maximum atomic E-state index is 11.6. The third-order valence-corrected chi connectivity index (χ3v) is 2.83. The fourth-order valence-corrected chi connectivity index (χ4v) is 1.90. The van der Waals surface area contributed by atoms with Crippen molar-refractivity contribution in [1.82, 2.24) is 5.32 Å². The number of hydrogen-bond acceptors (Lipinski definition) is 3. The van der Waals surface area contributed by atoms with E-state index in [9.17, 15) is 4.79 Å². The van der Waals surface area contributed by atoms with Crippen molar-refractivity contribution in [2.24, 2.45) is 5.73 Å². The molecule has 0 spiro atoms. The molecule has 88 valence electrons. The zero-order valence-corrected chi connectivity index (χ0v) is 9.66. The van der Waals surface area contributed by atoms with Crippen molar-refractivity contribution in [2.75, 3.05) is 6.61 Å². The summed E-state index contributed by atoms with van der Waals surface area (Å²) in [5.41, 5.74) is 5.80. The zero-order chi connectivity index (χ0) is 11.3. The highest BCUT2D eigenvalue weighted by Gasteiger charge is 2.25. The Morgan fingerprint density at radius 3 is 2.93 bits per heavy atom. The number of hydrogen-bond donors (Lipinski definition) is 2. The van der Waals surface area contributed by atoms with E-state index in [4.69, 9.17) is 10.5 Å². The van der Waals surface area contributed by atoms with E-state index in [1.54, 1.807) is 0 Å². The predicted molar refractivity (Wildman–Crippen MR) is 59.5 cm³/mol. The van der Waals surface area contributed by atoms with Crippen LogP contribution in [0.5, 0.6) is 0 Å². The topological polar surface area (TPSA) is 64.4 Å². The predicted octanol–water partition coefficient (Wildman–Crippen LogP) is 0.797. The van der Waals surface area contributed by atoms with E-state index in [0.717, 1.165) is 25.9 Å². The molecule has 0 aliphatic carbocycles. The van der Waals surface area contributed by atoms with Crippen molar-refractivity contribution in [3.8, 4) is 0 Å². The number of nitrogens with two attached hydrogens (primary N) is 1. The highest BCUT2D eigenvalue weighted by molar-refractivity contribution is 5.76. The average molecular weight is 214 g/mol. The second kappa shape index (κ2) is 6.08. The van der Waals surface area contributed by atoms with Crippen LogP contribution in [0.25, 0.3) is 0 Å². The van der Waals surface area contributed by atoms with Crippen molar-refractivity contribution >= 4 is 5.91 Å². The SMILES string of the molecule is CCCC(N)CC(=O)NC1CCOC1C. The van der Waals surface area contributed by atoms with Crippen LogP contribution in [0.1, 0.15) is 39.5 Å². The summed E-state index contributed by atoms with van der Waals surface area (Å²) in [4.78, 5) is 11.6. The molecule has 0 saturated carbocycles. The van der Waals surface area contributed by atoms with Crippen molar-refractivity contribution < 1.29 is 9.53 Å². The van der Waals surface area contributed by atoms with E-state index in [-0.39, 0.29) is 24.1 Å². The second-order valence-electron chi connectivity index (χ2n) is 4.29. The van der Waals surface area contributed by atoms with E-state index in [2.05, 4.69) is 12.2 Å². The minimum Gasteiger partial charge on any atom is -0.376 e. The first-order valence-corrected chi connectivity index (χ1v) is 5.80. The summed E-state index contributed by atoms with van der Waals surface area (Å²) < 4.78 is 5.37. The maximum absolute atomic E-state index is 11.6. The van der Waals surface area contributed by atoms with E-state index in [1.165, 1.54) is 0 Å². The van der Waals surface area contributed by atoms with Crippen molar-refractivity contribution in [3.63, 3.8) is 0 Å². The zero-order valence-electron chi connectivity index (χ0n) is 9.66. The molecule has 1 fully saturated rings. The minimum absolute atomic E-state index is 0.00683. The van der Waals surface area contributed by atoms with Gasteiger partial charge in [0.1, 0.15) is 0 Å². The Morgan fingerprint density at radius 1 is 1.67 bits per heavy atom. The molecule has 3 unspecified atom stereocenters. The summed E-state index contributed by atoms with van der Waals surface area (Å²) in [6.07, 6.45) is 3.41. The Balaban J connectivity index is 2.23. The largest absolute Gasteiger partial charge is 0.376 e. The summed E-state index contributed by atoms with van der Waals surface area (Å²) in [5.74, 6) is 0.0540. The first-order valence-electron chi connectivity index (χ1n) is 5.80. The summed E-state index contributed by atoms with van der Waals surface area (Å²) in [6, 6.07) is 0.166. The molecule has 1 aliphatic rings. The number of nitrogens with one attached hydrogen (secondary N) is 1. The normalized spacial score (nSPS) is 27.7. The van der Waals surface area contributed by atoms with Gasteiger partial charge in [0.15, 0.2) is 0 Å². The molecule has 0 bridgehead atoms. The Bertz CT molecular complexity index is 209. The molecular weight excluding hydrogens is 192 g/mol. The Labute approximate surface area is 91.5 Å². The van der Waals surface area contributed by atoms with Crippen LogP contribution in [0, 0.1) is 0 Å². The molecule has 3 N–H and O–H groups in total. The van der Waals surface area contributed by atoms with Gasteiger partial charge in [-0.2, -0.15) is 0 Å². The van der Waals surface area contributed by atoms with Gasteiger partial charge in [0.05, 0.1) is 12.1 Å². The first kappa shape index (κ1) is 12.5. The molecule has 1 heterocycles. The van der Waals surface area contributed by atoms with Crippen LogP contribution in [-0.4, -0.2) is 30.7 Å². The molecule has 0 radical (unpaired) electrons. The summed E-state index contributed by atoms with van der Waals surface area (Å²) in [7, 11) is 0. The molecule has 4 heteroatoms. The third-order valence-electron chi connectivity index (χ3n) is 2.83. The van der Waals surface area contributed by atoms with Gasteiger partial charge in [-0.1, -0.05) is 13.3 Å². The van der Waals surface area contributed by atoms with Gasteiger partial charge in [-0.25, -0.2) is 0 Å². The van der Waals surface area contributed by atoms with Crippen LogP contribution in [0.15, 0.2) is 0 Å². The van der Waals surface area contributed by atoms with Crippen molar-refractivity contribution in [2.45, 2.75) is 57.7 Å². The number of carbonyl (C=O) groups is 1. The quantitative estimate of drug-likeness (QED) is 0.711. The second-order valence-corrected chi connectivity index (χ2v) is 4.29. The van der Waals surface area contributed by atoms with Crippen LogP contribution in [0.3, 0.4) is 0 Å². The van der Waals surface area contributed by atoms with E-state index in [1.807, 2.05) is 6.92 Å². The molecule has 1 aliphatic heterocycles. The van der Waals surface area contributed by atoms with Crippen LogP contribution in [0.4, 0.5) is 0 Å². The Hall–Kier alpha value is -0.610. The van der Waals surface area contributed by atoms with E-state index < -0.39 is 0 Å². The molecule has 0 aromatic carbocycles. The van der Waals surface area contributed by atoms with Crippen LogP contribution >= 0.6 is 0 Å². The van der Waals surface area contributed by atoms with Gasteiger partial charge < -0.3 is 15.8 Å². The monoisotopic (exact) mass is 214 g/mol. The fraction of sp³-hybridized carbons (Fsp3) is 0.909. The minimum atomic E-state index is -0.00683. The van der Waals surface area contributed by atoms with Gasteiger partial charge >= 0.3 is 0 Å². The highest BCUT2D eigenvalue weighted by Crippen LogP contribution is 2.12. The molecule has 3 atom stereocenters. The van der Waals surface area contributed by atoms with Gasteiger partial charge in [-0.05, 0) is 19.8 Å². The lowest BCUT2D eigenvalue weighted by Crippen LogP contribution is -2.41. The third kappa shape index (κ3) is 4.18. The molecule has 0 aromatic heterocycles. The molecule has 4 nitrogen and oxygen atoms in total. The summed E-state index contributed by atoms with van der Waals surface area (Å²) in [6.45, 7) is 4.81. The van der Waals surface area contributed by atoms with Crippen LogP contribution in [-0.2, 0) is 9.53 Å². The van der Waals surface area contributed by atoms with Crippen molar-refractivity contribution in [3.05, 3.63) is 0 Å². The molecule has 1 rings (SSSR count). The molecular formula is C11H22N2O2. The highest BCUT2D eigenvalue weighted by atomic mass is 16.5. The first-order chi connectivity index (χ1) is 7.13. The van der Waals surface area contributed by atoms with Gasteiger partial charge in [0.2, 0.25) is 5.91 Å². The standard InChI is InChI=1S/C11H22N2O2/c1-3-4-9(12)7-11(14)13-10-5-6-15-8(10)2/h8-10H,3-7,12H2,1-2H3,(H,13,14). The van der Waals surface area contributed by atoms with Crippen LogP contribution < -0.4 is 11.1 Å². The van der Waals surface area contributed by atoms with E-state index >= 15 is 0 Å². The summed E-state index contributed by atoms with van der Waals surface area (Å²) >= 11 is 0. The summed E-state index contributed by atoms with van der Waals surface area (Å²) in [5, 5.41) is 2.97. The number of amides is 1. The van der Waals surface area contributed by atoms with Crippen LogP contribution in [0.2, 0.25) is 0 Å². The van der Waals surface area contributed by atoms with Gasteiger partial charge in [-0.15, -0.1) is 0 Å². The Morgan fingerprint density at radius 2 is 2.40 bits per heavy atom.